The minimum Gasteiger partial charge on any atom is -0.463 e. The van der Waals surface area contributed by atoms with E-state index in [0.717, 1.165) is 5.56 Å². The Morgan fingerprint density at radius 1 is 1.12 bits per heavy atom. The third-order valence-electron chi connectivity index (χ3n) is 2.65. The van der Waals surface area contributed by atoms with Crippen molar-refractivity contribution in [1.29, 1.82) is 0 Å². The van der Waals surface area contributed by atoms with Crippen molar-refractivity contribution in [2.45, 2.75) is 26.7 Å². The van der Waals surface area contributed by atoms with Crippen LogP contribution in [0.15, 0.2) is 30.3 Å². The maximum absolute atomic E-state index is 12.0. The summed E-state index contributed by atoms with van der Waals surface area (Å²) < 4.78 is 4.52. The summed E-state index contributed by atoms with van der Waals surface area (Å²) in [5.74, 6) is -1.75. The minimum atomic E-state index is -0.784. The number of hydrogen-bond acceptors (Lipinski definition) is 3. The van der Waals surface area contributed by atoms with Crippen molar-refractivity contribution in [3.05, 3.63) is 35.9 Å². The van der Waals surface area contributed by atoms with Crippen molar-refractivity contribution in [2.24, 2.45) is 5.41 Å². The van der Waals surface area contributed by atoms with Crippen LogP contribution in [0, 0.1) is 5.41 Å². The minimum absolute atomic E-state index is 0.327. The van der Waals surface area contributed by atoms with Gasteiger partial charge in [0.2, 0.25) is 5.78 Å². The van der Waals surface area contributed by atoms with Gasteiger partial charge in [0.25, 0.3) is 0 Å². The first-order valence-electron chi connectivity index (χ1n) is 5.55. The van der Waals surface area contributed by atoms with E-state index in [1.54, 1.807) is 0 Å². The van der Waals surface area contributed by atoms with Gasteiger partial charge in [-0.1, -0.05) is 51.1 Å². The first-order valence-corrected chi connectivity index (χ1v) is 5.55. The molecule has 92 valence electrons. The summed E-state index contributed by atoms with van der Waals surface area (Å²) >= 11 is 0. The Balaban J connectivity index is 3.15. The summed E-state index contributed by atoms with van der Waals surface area (Å²) in [5, 5.41) is 0. The maximum atomic E-state index is 12.0. The van der Waals surface area contributed by atoms with Gasteiger partial charge < -0.3 is 4.74 Å². The zero-order valence-corrected chi connectivity index (χ0v) is 10.7. The third kappa shape index (κ3) is 3.16. The van der Waals surface area contributed by atoms with Crippen LogP contribution >= 0.6 is 0 Å². The topological polar surface area (TPSA) is 43.4 Å². The standard InChI is InChI=1S/C14H18O3/c1-14(2,3)11(12(15)13(16)17-4)10-8-6-5-7-9-10/h5-9,11H,1-4H3. The first-order chi connectivity index (χ1) is 7.88. The van der Waals surface area contributed by atoms with Crippen molar-refractivity contribution < 1.29 is 14.3 Å². The molecule has 0 spiro atoms. The molecule has 17 heavy (non-hydrogen) atoms. The van der Waals surface area contributed by atoms with E-state index in [1.807, 2.05) is 51.1 Å². The van der Waals surface area contributed by atoms with Gasteiger partial charge >= 0.3 is 5.97 Å². The van der Waals surface area contributed by atoms with E-state index in [4.69, 9.17) is 0 Å². The fourth-order valence-electron chi connectivity index (χ4n) is 1.91. The lowest BCUT2D eigenvalue weighted by Gasteiger charge is -2.28. The number of methoxy groups -OCH3 is 1. The Kier molecular flexibility index (Phi) is 4.05. The van der Waals surface area contributed by atoms with Crippen LogP contribution in [0.1, 0.15) is 32.3 Å². The smallest absolute Gasteiger partial charge is 0.375 e. The summed E-state index contributed by atoms with van der Waals surface area (Å²) in [7, 11) is 1.23. The fraction of sp³-hybridized carbons (Fsp3) is 0.429. The molecule has 0 bridgehead atoms. The number of benzene rings is 1. The lowest BCUT2D eigenvalue weighted by Crippen LogP contribution is -2.32. The van der Waals surface area contributed by atoms with E-state index in [-0.39, 0.29) is 5.41 Å². The fourth-order valence-corrected chi connectivity index (χ4v) is 1.91. The van der Waals surface area contributed by atoms with Gasteiger partial charge in [0.1, 0.15) is 0 Å². The van der Waals surface area contributed by atoms with E-state index in [1.165, 1.54) is 7.11 Å². The summed E-state index contributed by atoms with van der Waals surface area (Å²) in [6.07, 6.45) is 0. The average Bonchev–Trinajstić information content (AvgIpc) is 2.27. The lowest BCUT2D eigenvalue weighted by atomic mass is 9.74. The van der Waals surface area contributed by atoms with Gasteiger partial charge in [-0.15, -0.1) is 0 Å². The molecule has 0 aliphatic carbocycles. The molecule has 1 aromatic carbocycles. The third-order valence-corrected chi connectivity index (χ3v) is 2.65. The quantitative estimate of drug-likeness (QED) is 0.596. The van der Waals surface area contributed by atoms with Crippen LogP contribution in [-0.2, 0) is 14.3 Å². The second-order valence-electron chi connectivity index (χ2n) is 5.07. The number of ether oxygens (including phenoxy) is 1. The van der Waals surface area contributed by atoms with Crippen LogP contribution in [0.2, 0.25) is 0 Å². The van der Waals surface area contributed by atoms with Crippen LogP contribution in [0.5, 0.6) is 0 Å². The van der Waals surface area contributed by atoms with Crippen molar-refractivity contribution in [3.63, 3.8) is 0 Å². The van der Waals surface area contributed by atoms with Crippen LogP contribution in [-0.4, -0.2) is 18.9 Å². The Morgan fingerprint density at radius 3 is 2.06 bits per heavy atom. The van der Waals surface area contributed by atoms with Crippen molar-refractivity contribution in [3.8, 4) is 0 Å². The molecular formula is C14H18O3. The second kappa shape index (κ2) is 5.13. The molecule has 1 aromatic rings. The number of carbonyl (C=O) groups excluding carboxylic acids is 2. The van der Waals surface area contributed by atoms with Gasteiger partial charge in [-0.3, -0.25) is 4.79 Å². The number of esters is 1. The van der Waals surface area contributed by atoms with E-state index in [2.05, 4.69) is 4.74 Å². The van der Waals surface area contributed by atoms with Crippen LogP contribution in [0.25, 0.3) is 0 Å². The molecule has 0 amide bonds. The summed E-state index contributed by atoms with van der Waals surface area (Å²) in [6.45, 7) is 5.81. The van der Waals surface area contributed by atoms with E-state index in [0.29, 0.717) is 0 Å². The maximum Gasteiger partial charge on any atom is 0.375 e. The van der Waals surface area contributed by atoms with Gasteiger partial charge in [0.05, 0.1) is 13.0 Å². The number of Topliss-reactive ketones (excluding diaryl/α,β-unsaturated/α-hetero) is 1. The number of hydrogen-bond donors (Lipinski definition) is 0. The Morgan fingerprint density at radius 2 is 1.65 bits per heavy atom. The Bertz CT molecular complexity index is 401. The monoisotopic (exact) mass is 234 g/mol. The molecule has 0 N–H and O–H groups in total. The van der Waals surface area contributed by atoms with E-state index < -0.39 is 17.7 Å². The van der Waals surface area contributed by atoms with Crippen molar-refractivity contribution in [1.82, 2.24) is 0 Å². The highest BCUT2D eigenvalue weighted by Crippen LogP contribution is 2.35. The molecule has 0 fully saturated rings. The molecule has 0 heterocycles. The molecule has 1 unspecified atom stereocenters. The molecule has 3 heteroatoms. The largest absolute Gasteiger partial charge is 0.463 e. The summed E-state index contributed by atoms with van der Waals surface area (Å²) in [6, 6.07) is 9.32. The SMILES string of the molecule is COC(=O)C(=O)C(c1ccccc1)C(C)(C)C. The lowest BCUT2D eigenvalue weighted by molar-refractivity contribution is -0.153. The number of ketones is 1. The molecule has 0 aromatic heterocycles. The zero-order valence-electron chi connectivity index (χ0n) is 10.7. The van der Waals surface area contributed by atoms with Crippen molar-refractivity contribution in [2.75, 3.05) is 7.11 Å². The molecule has 1 rings (SSSR count). The van der Waals surface area contributed by atoms with Gasteiger partial charge in [-0.05, 0) is 11.0 Å². The van der Waals surface area contributed by atoms with Gasteiger partial charge in [0.15, 0.2) is 0 Å². The first kappa shape index (κ1) is 13.4. The Labute approximate surface area is 102 Å². The summed E-state index contributed by atoms with van der Waals surface area (Å²) in [4.78, 5) is 23.4. The molecule has 0 saturated heterocycles. The second-order valence-corrected chi connectivity index (χ2v) is 5.07. The molecular weight excluding hydrogens is 216 g/mol. The van der Waals surface area contributed by atoms with Crippen LogP contribution < -0.4 is 0 Å². The highest BCUT2D eigenvalue weighted by Gasteiger charge is 2.36. The van der Waals surface area contributed by atoms with Crippen LogP contribution in [0.4, 0.5) is 0 Å². The molecule has 0 saturated carbocycles. The van der Waals surface area contributed by atoms with Crippen LogP contribution in [0.3, 0.4) is 0 Å². The Hall–Kier alpha value is -1.64. The predicted molar refractivity (Wildman–Crippen MR) is 65.7 cm³/mol. The van der Waals surface area contributed by atoms with Crippen molar-refractivity contribution >= 4 is 11.8 Å². The highest BCUT2D eigenvalue weighted by molar-refractivity contribution is 6.36. The zero-order chi connectivity index (χ0) is 13.1. The normalized spacial score (nSPS) is 12.9. The summed E-state index contributed by atoms with van der Waals surface area (Å²) in [5.41, 5.74) is 0.516. The van der Waals surface area contributed by atoms with Gasteiger partial charge in [-0.2, -0.15) is 0 Å². The van der Waals surface area contributed by atoms with E-state index in [9.17, 15) is 9.59 Å². The number of carbonyl (C=O) groups is 2. The molecule has 0 radical (unpaired) electrons. The van der Waals surface area contributed by atoms with E-state index >= 15 is 0 Å². The molecule has 0 aliphatic heterocycles. The molecule has 1 atom stereocenters. The molecule has 0 aliphatic rings. The van der Waals surface area contributed by atoms with Gasteiger partial charge in [0, 0.05) is 0 Å². The highest BCUT2D eigenvalue weighted by atomic mass is 16.5. The number of rotatable bonds is 3. The van der Waals surface area contributed by atoms with Gasteiger partial charge in [-0.25, -0.2) is 4.79 Å². The average molecular weight is 234 g/mol. The predicted octanol–water partition coefficient (Wildman–Crippen LogP) is 2.56. The molecule has 3 nitrogen and oxygen atoms in total.